The first-order chi connectivity index (χ1) is 9.11. The fraction of sp³-hybridized carbons (Fsp3) is 0.188. The molecule has 3 nitrogen and oxygen atoms in total. The van der Waals surface area contributed by atoms with E-state index in [0.717, 1.165) is 22.4 Å². The van der Waals surface area contributed by atoms with Crippen LogP contribution in [0.25, 0.3) is 11.1 Å². The van der Waals surface area contributed by atoms with Crippen molar-refractivity contribution in [2.45, 2.75) is 13.8 Å². The highest BCUT2D eigenvalue weighted by Gasteiger charge is 2.07. The van der Waals surface area contributed by atoms with Gasteiger partial charge in [0.25, 0.3) is 0 Å². The summed E-state index contributed by atoms with van der Waals surface area (Å²) in [5, 5.41) is 9.02. The van der Waals surface area contributed by atoms with Gasteiger partial charge in [0.05, 0.1) is 12.2 Å². The molecule has 0 atom stereocenters. The first-order valence-electron chi connectivity index (χ1n) is 6.19. The van der Waals surface area contributed by atoms with Crippen molar-refractivity contribution >= 4 is 5.97 Å². The number of carboxylic acid groups (broad SMARTS) is 1. The minimum atomic E-state index is -0.912. The summed E-state index contributed by atoms with van der Waals surface area (Å²) in [6, 6.07) is 12.8. The Balaban J connectivity index is 2.41. The Morgan fingerprint density at radius 1 is 1.21 bits per heavy atom. The maximum absolute atomic E-state index is 11.0. The Bertz CT molecular complexity index is 603. The third-order valence-corrected chi connectivity index (χ3v) is 2.93. The Morgan fingerprint density at radius 2 is 2.00 bits per heavy atom. The molecule has 2 aromatic rings. The second-order valence-corrected chi connectivity index (χ2v) is 4.30. The number of carboxylic acids is 1. The number of hydrogen-bond acceptors (Lipinski definition) is 2. The molecule has 98 valence electrons. The summed E-state index contributed by atoms with van der Waals surface area (Å²) >= 11 is 0. The predicted molar refractivity (Wildman–Crippen MR) is 74.7 cm³/mol. The van der Waals surface area contributed by atoms with Crippen molar-refractivity contribution in [3.05, 3.63) is 53.6 Å². The lowest BCUT2D eigenvalue weighted by atomic mass is 9.98. The van der Waals surface area contributed by atoms with E-state index in [4.69, 9.17) is 9.84 Å². The molecule has 0 spiro atoms. The molecule has 0 amide bonds. The Kier molecular flexibility index (Phi) is 3.85. The van der Waals surface area contributed by atoms with E-state index >= 15 is 0 Å². The van der Waals surface area contributed by atoms with Gasteiger partial charge in [-0.1, -0.05) is 18.2 Å². The van der Waals surface area contributed by atoms with Gasteiger partial charge in [-0.05, 0) is 54.8 Å². The minimum absolute atomic E-state index is 0.297. The van der Waals surface area contributed by atoms with E-state index in [1.165, 1.54) is 0 Å². The highest BCUT2D eigenvalue weighted by molar-refractivity contribution is 5.89. The molecule has 0 saturated heterocycles. The van der Waals surface area contributed by atoms with Gasteiger partial charge in [-0.15, -0.1) is 0 Å². The molecule has 0 heterocycles. The SMILES string of the molecule is CCOc1ccc(-c2cccc(C(=O)O)c2)c(C)c1. The van der Waals surface area contributed by atoms with Crippen LogP contribution in [0.4, 0.5) is 0 Å². The third kappa shape index (κ3) is 2.94. The van der Waals surface area contributed by atoms with E-state index in [1.807, 2.05) is 38.1 Å². The highest BCUT2D eigenvalue weighted by Crippen LogP contribution is 2.27. The van der Waals surface area contributed by atoms with Crippen LogP contribution < -0.4 is 4.74 Å². The van der Waals surface area contributed by atoms with Crippen LogP contribution in [0.3, 0.4) is 0 Å². The zero-order valence-corrected chi connectivity index (χ0v) is 11.0. The molecule has 0 aliphatic heterocycles. The molecular formula is C16H16O3. The average Bonchev–Trinajstić information content (AvgIpc) is 2.39. The van der Waals surface area contributed by atoms with Crippen LogP contribution in [0.15, 0.2) is 42.5 Å². The first kappa shape index (κ1) is 13.1. The molecule has 0 bridgehead atoms. The summed E-state index contributed by atoms with van der Waals surface area (Å²) in [6.45, 7) is 4.57. The standard InChI is InChI=1S/C16H16O3/c1-3-19-14-7-8-15(11(2)9-14)12-5-4-6-13(10-12)16(17)18/h4-10H,3H2,1-2H3,(H,17,18). The third-order valence-electron chi connectivity index (χ3n) is 2.93. The molecule has 0 aromatic heterocycles. The van der Waals surface area contributed by atoms with Crippen LogP contribution in [0.5, 0.6) is 5.75 Å². The predicted octanol–water partition coefficient (Wildman–Crippen LogP) is 3.76. The number of hydrogen-bond donors (Lipinski definition) is 1. The van der Waals surface area contributed by atoms with Crippen LogP contribution in [0.1, 0.15) is 22.8 Å². The van der Waals surface area contributed by atoms with Crippen molar-refractivity contribution < 1.29 is 14.6 Å². The molecule has 0 fully saturated rings. The van der Waals surface area contributed by atoms with E-state index in [0.29, 0.717) is 12.2 Å². The monoisotopic (exact) mass is 256 g/mol. The maximum atomic E-state index is 11.0. The summed E-state index contributed by atoms with van der Waals surface area (Å²) in [5.41, 5.74) is 3.28. The van der Waals surface area contributed by atoms with Gasteiger partial charge in [-0.25, -0.2) is 4.79 Å². The number of rotatable bonds is 4. The summed E-state index contributed by atoms with van der Waals surface area (Å²) in [5.74, 6) is -0.0800. The fourth-order valence-corrected chi connectivity index (χ4v) is 2.04. The number of aromatic carboxylic acids is 1. The van der Waals surface area contributed by atoms with Gasteiger partial charge in [0, 0.05) is 0 Å². The Hall–Kier alpha value is -2.29. The zero-order valence-electron chi connectivity index (χ0n) is 11.0. The second kappa shape index (κ2) is 5.57. The smallest absolute Gasteiger partial charge is 0.335 e. The van der Waals surface area contributed by atoms with E-state index < -0.39 is 5.97 Å². The van der Waals surface area contributed by atoms with Crippen LogP contribution in [0, 0.1) is 6.92 Å². The highest BCUT2D eigenvalue weighted by atomic mass is 16.5. The molecule has 3 heteroatoms. The molecule has 0 saturated carbocycles. The largest absolute Gasteiger partial charge is 0.494 e. The molecule has 0 aliphatic carbocycles. The molecule has 2 aromatic carbocycles. The van der Waals surface area contributed by atoms with Crippen molar-refractivity contribution in [2.24, 2.45) is 0 Å². The maximum Gasteiger partial charge on any atom is 0.335 e. The molecule has 0 unspecified atom stereocenters. The van der Waals surface area contributed by atoms with Crippen LogP contribution >= 0.6 is 0 Å². The van der Waals surface area contributed by atoms with Crippen LogP contribution in [-0.4, -0.2) is 17.7 Å². The fourth-order valence-electron chi connectivity index (χ4n) is 2.04. The molecule has 0 aliphatic rings. The van der Waals surface area contributed by atoms with Crippen molar-refractivity contribution in [2.75, 3.05) is 6.61 Å². The minimum Gasteiger partial charge on any atom is -0.494 e. The zero-order chi connectivity index (χ0) is 13.8. The van der Waals surface area contributed by atoms with E-state index in [9.17, 15) is 4.79 Å². The summed E-state index contributed by atoms with van der Waals surface area (Å²) in [4.78, 5) is 11.0. The molecule has 0 radical (unpaired) electrons. The van der Waals surface area contributed by atoms with Gasteiger partial charge in [0.1, 0.15) is 5.75 Å². The lowest BCUT2D eigenvalue weighted by Gasteiger charge is -2.10. The summed E-state index contributed by atoms with van der Waals surface area (Å²) in [6.07, 6.45) is 0. The molecule has 19 heavy (non-hydrogen) atoms. The number of benzene rings is 2. The van der Waals surface area contributed by atoms with Crippen LogP contribution in [-0.2, 0) is 0 Å². The van der Waals surface area contributed by atoms with Crippen molar-refractivity contribution in [1.82, 2.24) is 0 Å². The first-order valence-corrected chi connectivity index (χ1v) is 6.19. The van der Waals surface area contributed by atoms with E-state index in [2.05, 4.69) is 0 Å². The molecular weight excluding hydrogens is 240 g/mol. The van der Waals surface area contributed by atoms with Gasteiger partial charge in [-0.2, -0.15) is 0 Å². The van der Waals surface area contributed by atoms with Gasteiger partial charge >= 0.3 is 5.97 Å². The summed E-state index contributed by atoms with van der Waals surface area (Å²) in [7, 11) is 0. The van der Waals surface area contributed by atoms with Gasteiger partial charge in [0.15, 0.2) is 0 Å². The average molecular weight is 256 g/mol. The van der Waals surface area contributed by atoms with E-state index in [-0.39, 0.29) is 0 Å². The Morgan fingerprint density at radius 3 is 2.63 bits per heavy atom. The van der Waals surface area contributed by atoms with Gasteiger partial charge in [-0.3, -0.25) is 0 Å². The normalized spacial score (nSPS) is 10.2. The number of carbonyl (C=O) groups is 1. The van der Waals surface area contributed by atoms with E-state index in [1.54, 1.807) is 18.2 Å². The topological polar surface area (TPSA) is 46.5 Å². The van der Waals surface area contributed by atoms with Crippen molar-refractivity contribution in [1.29, 1.82) is 0 Å². The Labute approximate surface area is 112 Å². The van der Waals surface area contributed by atoms with Crippen LogP contribution in [0.2, 0.25) is 0 Å². The quantitative estimate of drug-likeness (QED) is 0.906. The summed E-state index contributed by atoms with van der Waals surface area (Å²) < 4.78 is 5.45. The molecule has 2 rings (SSSR count). The number of ether oxygens (including phenoxy) is 1. The molecule has 1 N–H and O–H groups in total. The van der Waals surface area contributed by atoms with Gasteiger partial charge < -0.3 is 9.84 Å². The second-order valence-electron chi connectivity index (χ2n) is 4.30. The lowest BCUT2D eigenvalue weighted by molar-refractivity contribution is 0.0697. The van der Waals surface area contributed by atoms with Gasteiger partial charge in [0.2, 0.25) is 0 Å². The lowest BCUT2D eigenvalue weighted by Crippen LogP contribution is -1.96. The van der Waals surface area contributed by atoms with Crippen molar-refractivity contribution in [3.63, 3.8) is 0 Å². The number of aryl methyl sites for hydroxylation is 1. The van der Waals surface area contributed by atoms with Crippen molar-refractivity contribution in [3.8, 4) is 16.9 Å².